The Morgan fingerprint density at radius 2 is 1.89 bits per heavy atom. The van der Waals surface area contributed by atoms with Crippen LogP contribution in [-0.4, -0.2) is 63.2 Å². The van der Waals surface area contributed by atoms with Crippen LogP contribution in [0.3, 0.4) is 0 Å². The maximum Gasteiger partial charge on any atom is 0.239 e. The zero-order chi connectivity index (χ0) is 14.5. The third-order valence-electron chi connectivity index (χ3n) is 2.51. The summed E-state index contributed by atoms with van der Waals surface area (Å²) in [6.07, 6.45) is 1.73. The van der Waals surface area contributed by atoms with E-state index in [4.69, 9.17) is 4.74 Å². The zero-order valence-electron chi connectivity index (χ0n) is 12.3. The molecular formula is C13H27N3O3. The van der Waals surface area contributed by atoms with Gasteiger partial charge in [0.15, 0.2) is 0 Å². The fourth-order valence-corrected chi connectivity index (χ4v) is 1.54. The second-order valence-corrected chi connectivity index (χ2v) is 4.33. The molecule has 0 atom stereocenters. The maximum atomic E-state index is 11.9. The van der Waals surface area contributed by atoms with Crippen molar-refractivity contribution >= 4 is 11.8 Å². The van der Waals surface area contributed by atoms with E-state index in [9.17, 15) is 9.59 Å². The third-order valence-corrected chi connectivity index (χ3v) is 2.51. The van der Waals surface area contributed by atoms with Gasteiger partial charge in [0.1, 0.15) is 0 Å². The first-order chi connectivity index (χ1) is 9.15. The first-order valence-corrected chi connectivity index (χ1v) is 6.89. The van der Waals surface area contributed by atoms with Crippen LogP contribution in [0.25, 0.3) is 0 Å². The second kappa shape index (κ2) is 11.9. The summed E-state index contributed by atoms with van der Waals surface area (Å²) in [6.45, 7) is 6.81. The van der Waals surface area contributed by atoms with Crippen molar-refractivity contribution in [3.8, 4) is 0 Å². The van der Waals surface area contributed by atoms with E-state index in [0.717, 1.165) is 12.8 Å². The highest BCUT2D eigenvalue weighted by atomic mass is 16.5. The summed E-state index contributed by atoms with van der Waals surface area (Å²) in [5, 5.41) is 5.77. The molecule has 0 fully saturated rings. The molecule has 0 unspecified atom stereocenters. The van der Waals surface area contributed by atoms with Gasteiger partial charge in [-0.1, -0.05) is 13.8 Å². The number of carbonyl (C=O) groups excluding carboxylic acids is 2. The van der Waals surface area contributed by atoms with E-state index in [1.54, 1.807) is 12.0 Å². The summed E-state index contributed by atoms with van der Waals surface area (Å²) in [7, 11) is 1.62. The smallest absolute Gasteiger partial charge is 0.239 e. The maximum absolute atomic E-state index is 11.9. The van der Waals surface area contributed by atoms with Crippen LogP contribution < -0.4 is 10.6 Å². The van der Waals surface area contributed by atoms with Crippen molar-refractivity contribution in [3.05, 3.63) is 0 Å². The quantitative estimate of drug-likeness (QED) is 0.519. The molecule has 0 radical (unpaired) electrons. The SMILES string of the molecule is CCCNC(=O)CN(CCC)C(=O)CNCCOC. The van der Waals surface area contributed by atoms with Crippen LogP contribution in [0.1, 0.15) is 26.7 Å². The van der Waals surface area contributed by atoms with E-state index < -0.39 is 0 Å². The third kappa shape index (κ3) is 9.44. The molecule has 0 saturated carbocycles. The minimum Gasteiger partial charge on any atom is -0.383 e. The Labute approximate surface area is 115 Å². The lowest BCUT2D eigenvalue weighted by Gasteiger charge is -2.21. The van der Waals surface area contributed by atoms with Crippen molar-refractivity contribution in [2.75, 3.05) is 46.4 Å². The first-order valence-electron chi connectivity index (χ1n) is 6.89. The fraction of sp³-hybridized carbons (Fsp3) is 0.846. The molecule has 2 amide bonds. The lowest BCUT2D eigenvalue weighted by Crippen LogP contribution is -2.45. The number of carbonyl (C=O) groups is 2. The molecule has 0 bridgehead atoms. The van der Waals surface area contributed by atoms with E-state index in [-0.39, 0.29) is 24.9 Å². The van der Waals surface area contributed by atoms with Gasteiger partial charge in [0.2, 0.25) is 11.8 Å². The topological polar surface area (TPSA) is 70.7 Å². The Hall–Kier alpha value is -1.14. The highest BCUT2D eigenvalue weighted by Gasteiger charge is 2.15. The van der Waals surface area contributed by atoms with Crippen molar-refractivity contribution in [2.45, 2.75) is 26.7 Å². The molecule has 0 rings (SSSR count). The van der Waals surface area contributed by atoms with Gasteiger partial charge in [0.05, 0.1) is 19.7 Å². The predicted octanol–water partition coefficient (Wildman–Crippen LogP) is -0.0128. The average Bonchev–Trinajstić information content (AvgIpc) is 2.40. The van der Waals surface area contributed by atoms with Gasteiger partial charge in [-0.15, -0.1) is 0 Å². The Kier molecular flexibility index (Phi) is 11.2. The predicted molar refractivity (Wildman–Crippen MR) is 74.9 cm³/mol. The number of methoxy groups -OCH3 is 1. The number of rotatable bonds is 11. The summed E-state index contributed by atoms with van der Waals surface area (Å²) in [6, 6.07) is 0. The summed E-state index contributed by atoms with van der Waals surface area (Å²) in [5.41, 5.74) is 0. The summed E-state index contributed by atoms with van der Waals surface area (Å²) < 4.78 is 4.89. The average molecular weight is 273 g/mol. The van der Waals surface area contributed by atoms with Crippen LogP contribution in [0, 0.1) is 0 Å². The molecule has 0 aliphatic rings. The van der Waals surface area contributed by atoms with Gasteiger partial charge in [-0.2, -0.15) is 0 Å². The number of nitrogens with zero attached hydrogens (tertiary/aromatic N) is 1. The first kappa shape index (κ1) is 17.9. The van der Waals surface area contributed by atoms with Gasteiger partial charge in [-0.3, -0.25) is 9.59 Å². The summed E-state index contributed by atoms with van der Waals surface area (Å²) in [5.74, 6) is -0.148. The minimum absolute atomic E-state index is 0.0513. The Bertz CT molecular complexity index is 260. The molecule has 0 aromatic rings. The van der Waals surface area contributed by atoms with Crippen molar-refractivity contribution in [1.29, 1.82) is 0 Å². The van der Waals surface area contributed by atoms with Gasteiger partial charge in [-0.25, -0.2) is 0 Å². The molecule has 0 saturated heterocycles. The zero-order valence-corrected chi connectivity index (χ0v) is 12.3. The van der Waals surface area contributed by atoms with Crippen molar-refractivity contribution in [2.24, 2.45) is 0 Å². The van der Waals surface area contributed by atoms with Crippen LogP contribution in [-0.2, 0) is 14.3 Å². The fourth-order valence-electron chi connectivity index (χ4n) is 1.54. The number of ether oxygens (including phenoxy) is 1. The number of amides is 2. The Morgan fingerprint density at radius 3 is 2.47 bits per heavy atom. The molecule has 0 spiro atoms. The van der Waals surface area contributed by atoms with E-state index >= 15 is 0 Å². The van der Waals surface area contributed by atoms with Crippen LogP contribution in [0.4, 0.5) is 0 Å². The number of hydrogen-bond acceptors (Lipinski definition) is 4. The molecule has 19 heavy (non-hydrogen) atoms. The number of hydrogen-bond donors (Lipinski definition) is 2. The van der Waals surface area contributed by atoms with Crippen molar-refractivity contribution < 1.29 is 14.3 Å². The van der Waals surface area contributed by atoms with Crippen LogP contribution in [0.5, 0.6) is 0 Å². The highest BCUT2D eigenvalue weighted by Crippen LogP contribution is 1.93. The minimum atomic E-state index is -0.0967. The van der Waals surface area contributed by atoms with Gasteiger partial charge in [-0.05, 0) is 12.8 Å². The highest BCUT2D eigenvalue weighted by molar-refractivity contribution is 5.85. The molecule has 0 aliphatic carbocycles. The molecular weight excluding hydrogens is 246 g/mol. The van der Waals surface area contributed by atoms with Gasteiger partial charge in [0.25, 0.3) is 0 Å². The molecule has 2 N–H and O–H groups in total. The molecule has 0 aromatic carbocycles. The van der Waals surface area contributed by atoms with Gasteiger partial charge in [0, 0.05) is 26.7 Å². The molecule has 6 nitrogen and oxygen atoms in total. The van der Waals surface area contributed by atoms with Crippen LogP contribution in [0.15, 0.2) is 0 Å². The van der Waals surface area contributed by atoms with E-state index in [1.807, 2.05) is 13.8 Å². The second-order valence-electron chi connectivity index (χ2n) is 4.33. The van der Waals surface area contributed by atoms with Crippen molar-refractivity contribution in [3.63, 3.8) is 0 Å². The lowest BCUT2D eigenvalue weighted by molar-refractivity contribution is -0.135. The monoisotopic (exact) mass is 273 g/mol. The molecule has 0 aliphatic heterocycles. The molecule has 0 heterocycles. The Morgan fingerprint density at radius 1 is 1.16 bits per heavy atom. The van der Waals surface area contributed by atoms with Crippen molar-refractivity contribution in [1.82, 2.24) is 15.5 Å². The molecule has 6 heteroatoms. The van der Waals surface area contributed by atoms with E-state index in [0.29, 0.717) is 26.2 Å². The largest absolute Gasteiger partial charge is 0.383 e. The van der Waals surface area contributed by atoms with E-state index in [1.165, 1.54) is 0 Å². The standard InChI is InChI=1S/C13H27N3O3/c1-4-6-15-12(17)11-16(8-5-2)13(18)10-14-7-9-19-3/h14H,4-11H2,1-3H3,(H,15,17). The van der Waals surface area contributed by atoms with Gasteiger partial charge >= 0.3 is 0 Å². The lowest BCUT2D eigenvalue weighted by atomic mass is 10.3. The van der Waals surface area contributed by atoms with Crippen LogP contribution >= 0.6 is 0 Å². The number of nitrogens with one attached hydrogen (secondary N) is 2. The normalized spacial score (nSPS) is 10.3. The molecule has 0 aromatic heterocycles. The molecule has 112 valence electrons. The van der Waals surface area contributed by atoms with E-state index in [2.05, 4.69) is 10.6 Å². The summed E-state index contributed by atoms with van der Waals surface area (Å²) >= 11 is 0. The summed E-state index contributed by atoms with van der Waals surface area (Å²) in [4.78, 5) is 25.2. The van der Waals surface area contributed by atoms with Crippen LogP contribution in [0.2, 0.25) is 0 Å². The Balaban J connectivity index is 4.06. The van der Waals surface area contributed by atoms with Gasteiger partial charge < -0.3 is 20.3 Å².